The minimum Gasteiger partial charge on any atom is -0.314 e. The van der Waals surface area contributed by atoms with Gasteiger partial charge in [-0.05, 0) is 31.0 Å². The van der Waals surface area contributed by atoms with Crippen LogP contribution in [-0.4, -0.2) is 27.3 Å². The first kappa shape index (κ1) is 14.2. The molecule has 1 atom stereocenters. The highest BCUT2D eigenvalue weighted by Crippen LogP contribution is 2.17. The third-order valence-corrected chi connectivity index (χ3v) is 4.02. The first-order chi connectivity index (χ1) is 7.99. The van der Waals surface area contributed by atoms with E-state index in [4.69, 9.17) is 0 Å². The van der Waals surface area contributed by atoms with Gasteiger partial charge in [0, 0.05) is 12.3 Å². The zero-order valence-electron chi connectivity index (χ0n) is 10.7. The van der Waals surface area contributed by atoms with Crippen LogP contribution in [0.25, 0.3) is 0 Å². The van der Waals surface area contributed by atoms with Gasteiger partial charge in [0.15, 0.2) is 9.84 Å². The van der Waals surface area contributed by atoms with Crippen LogP contribution in [0.4, 0.5) is 0 Å². The first-order valence-corrected chi connectivity index (χ1v) is 7.89. The summed E-state index contributed by atoms with van der Waals surface area (Å²) in [6.07, 6.45) is 3.01. The predicted molar refractivity (Wildman–Crippen MR) is 71.0 cm³/mol. The van der Waals surface area contributed by atoms with Gasteiger partial charge in [0.05, 0.1) is 4.90 Å². The maximum atomic E-state index is 11.7. The minimum absolute atomic E-state index is 0.336. The van der Waals surface area contributed by atoms with Gasteiger partial charge in [-0.15, -0.1) is 0 Å². The van der Waals surface area contributed by atoms with Gasteiger partial charge in [-0.25, -0.2) is 8.42 Å². The van der Waals surface area contributed by atoms with E-state index in [0.29, 0.717) is 10.9 Å². The van der Waals surface area contributed by atoms with Crippen molar-refractivity contribution in [3.63, 3.8) is 0 Å². The van der Waals surface area contributed by atoms with Crippen LogP contribution in [0.2, 0.25) is 0 Å². The van der Waals surface area contributed by atoms with E-state index in [1.54, 1.807) is 12.1 Å². The van der Waals surface area contributed by atoms with Crippen molar-refractivity contribution >= 4 is 9.84 Å². The Kier molecular flexibility index (Phi) is 5.15. The van der Waals surface area contributed by atoms with Crippen LogP contribution >= 0.6 is 0 Å². The van der Waals surface area contributed by atoms with Crippen molar-refractivity contribution in [2.75, 3.05) is 12.8 Å². The zero-order chi connectivity index (χ0) is 12.9. The van der Waals surface area contributed by atoms with Crippen LogP contribution in [0.1, 0.15) is 25.8 Å². The largest absolute Gasteiger partial charge is 0.314 e. The Balaban J connectivity index is 2.98. The second kappa shape index (κ2) is 6.17. The van der Waals surface area contributed by atoms with Crippen LogP contribution in [0, 0.1) is 0 Å². The Labute approximate surface area is 104 Å². The summed E-state index contributed by atoms with van der Waals surface area (Å²) in [6.45, 7) is 5.07. The normalized spacial score (nSPS) is 13.6. The summed E-state index contributed by atoms with van der Waals surface area (Å²) in [4.78, 5) is 0.455. The van der Waals surface area contributed by atoms with Gasteiger partial charge in [0.2, 0.25) is 0 Å². The summed E-state index contributed by atoms with van der Waals surface area (Å²) in [6, 6.07) is 7.58. The third kappa shape index (κ3) is 4.13. The average Bonchev–Trinajstić information content (AvgIpc) is 2.27. The highest BCUT2D eigenvalue weighted by atomic mass is 32.2. The van der Waals surface area contributed by atoms with Crippen LogP contribution in [0.3, 0.4) is 0 Å². The van der Waals surface area contributed by atoms with Crippen molar-refractivity contribution in [2.45, 2.75) is 37.6 Å². The lowest BCUT2D eigenvalue weighted by Gasteiger charge is -2.17. The number of sulfone groups is 1. The Bertz CT molecular complexity index is 454. The minimum atomic E-state index is -3.13. The summed E-state index contributed by atoms with van der Waals surface area (Å²) in [7, 11) is -3.13. The maximum Gasteiger partial charge on any atom is 0.175 e. The lowest BCUT2D eigenvalue weighted by Crippen LogP contribution is -2.30. The molecular weight excluding hydrogens is 234 g/mol. The van der Waals surface area contributed by atoms with E-state index in [9.17, 15) is 8.42 Å². The van der Waals surface area contributed by atoms with Gasteiger partial charge in [0.1, 0.15) is 0 Å². The molecule has 0 fully saturated rings. The molecule has 1 rings (SSSR count). The molecule has 0 saturated carbocycles. The summed E-state index contributed by atoms with van der Waals surface area (Å²) >= 11 is 0. The Morgan fingerprint density at radius 1 is 1.24 bits per heavy atom. The van der Waals surface area contributed by atoms with Gasteiger partial charge in [0.25, 0.3) is 0 Å². The predicted octanol–water partition coefficient (Wildman–Crippen LogP) is 2.02. The van der Waals surface area contributed by atoms with Crippen molar-refractivity contribution < 1.29 is 8.42 Å². The monoisotopic (exact) mass is 255 g/mol. The quantitative estimate of drug-likeness (QED) is 0.846. The molecule has 0 amide bonds. The lowest BCUT2D eigenvalue weighted by atomic mass is 10.0. The smallest absolute Gasteiger partial charge is 0.175 e. The van der Waals surface area contributed by atoms with Crippen molar-refractivity contribution in [1.82, 2.24) is 5.32 Å². The number of rotatable bonds is 6. The number of hydrogen-bond acceptors (Lipinski definition) is 3. The SMILES string of the molecule is CCNC(CC)Cc1ccccc1S(C)(=O)=O. The topological polar surface area (TPSA) is 46.2 Å². The molecule has 17 heavy (non-hydrogen) atoms. The van der Waals surface area contributed by atoms with E-state index in [2.05, 4.69) is 19.2 Å². The number of hydrogen-bond donors (Lipinski definition) is 1. The van der Waals surface area contributed by atoms with Crippen LogP contribution in [0.5, 0.6) is 0 Å². The molecule has 0 saturated heterocycles. The van der Waals surface area contributed by atoms with Gasteiger partial charge in [-0.1, -0.05) is 32.0 Å². The van der Waals surface area contributed by atoms with Gasteiger partial charge in [-0.3, -0.25) is 0 Å². The Hall–Kier alpha value is -0.870. The molecule has 0 aliphatic rings. The van der Waals surface area contributed by atoms with Crippen LogP contribution in [-0.2, 0) is 16.3 Å². The van der Waals surface area contributed by atoms with Crippen LogP contribution in [0.15, 0.2) is 29.2 Å². The molecule has 96 valence electrons. The molecule has 0 bridgehead atoms. The molecule has 0 heterocycles. The summed E-state index contributed by atoms with van der Waals surface area (Å²) in [5.74, 6) is 0. The molecule has 1 aromatic carbocycles. The maximum absolute atomic E-state index is 11.7. The molecule has 3 nitrogen and oxygen atoms in total. The second-order valence-corrected chi connectivity index (χ2v) is 6.23. The number of likely N-dealkylation sites (N-methyl/N-ethyl adjacent to an activating group) is 1. The molecular formula is C13H21NO2S. The average molecular weight is 255 g/mol. The highest BCUT2D eigenvalue weighted by Gasteiger charge is 2.15. The third-order valence-electron chi connectivity index (χ3n) is 2.82. The van der Waals surface area contributed by atoms with E-state index in [-0.39, 0.29) is 0 Å². The Morgan fingerprint density at radius 2 is 1.88 bits per heavy atom. The van der Waals surface area contributed by atoms with Crippen molar-refractivity contribution in [3.05, 3.63) is 29.8 Å². The second-order valence-electron chi connectivity index (χ2n) is 4.25. The van der Waals surface area contributed by atoms with E-state index in [1.807, 2.05) is 12.1 Å². The molecule has 1 N–H and O–H groups in total. The fourth-order valence-electron chi connectivity index (χ4n) is 1.95. The van der Waals surface area contributed by atoms with E-state index >= 15 is 0 Å². The van der Waals surface area contributed by atoms with Crippen molar-refractivity contribution in [1.29, 1.82) is 0 Å². The van der Waals surface area contributed by atoms with Crippen molar-refractivity contribution in [2.24, 2.45) is 0 Å². The van der Waals surface area contributed by atoms with Gasteiger partial charge in [-0.2, -0.15) is 0 Å². The van der Waals surface area contributed by atoms with E-state index in [1.165, 1.54) is 6.26 Å². The standard InChI is InChI=1S/C13H21NO2S/c1-4-12(14-5-2)10-11-8-6-7-9-13(11)17(3,15)16/h6-9,12,14H,4-5,10H2,1-3H3. The summed E-state index contributed by atoms with van der Waals surface area (Å²) in [5, 5.41) is 3.36. The fraction of sp³-hybridized carbons (Fsp3) is 0.538. The molecule has 1 unspecified atom stereocenters. The van der Waals surface area contributed by atoms with Crippen molar-refractivity contribution in [3.8, 4) is 0 Å². The molecule has 4 heteroatoms. The van der Waals surface area contributed by atoms with Gasteiger partial charge >= 0.3 is 0 Å². The zero-order valence-corrected chi connectivity index (χ0v) is 11.5. The molecule has 0 radical (unpaired) electrons. The first-order valence-electron chi connectivity index (χ1n) is 6.00. The molecule has 0 spiro atoms. The molecule has 0 aromatic heterocycles. The Morgan fingerprint density at radius 3 is 2.41 bits per heavy atom. The number of benzene rings is 1. The molecule has 1 aromatic rings. The number of nitrogens with one attached hydrogen (secondary N) is 1. The van der Waals surface area contributed by atoms with Gasteiger partial charge < -0.3 is 5.32 Å². The molecule has 0 aliphatic heterocycles. The fourth-order valence-corrected chi connectivity index (χ4v) is 2.90. The summed E-state index contributed by atoms with van der Waals surface area (Å²) in [5.41, 5.74) is 0.905. The highest BCUT2D eigenvalue weighted by molar-refractivity contribution is 7.90. The van der Waals surface area contributed by atoms with E-state index in [0.717, 1.165) is 24.9 Å². The lowest BCUT2D eigenvalue weighted by molar-refractivity contribution is 0.506. The molecule has 0 aliphatic carbocycles. The summed E-state index contributed by atoms with van der Waals surface area (Å²) < 4.78 is 23.3. The van der Waals surface area contributed by atoms with E-state index < -0.39 is 9.84 Å². The van der Waals surface area contributed by atoms with Crippen LogP contribution < -0.4 is 5.32 Å².